The molecule has 1 fully saturated rings. The van der Waals surface area contributed by atoms with Crippen molar-refractivity contribution in [1.82, 2.24) is 4.90 Å². The summed E-state index contributed by atoms with van der Waals surface area (Å²) in [5.41, 5.74) is 0.464. The molecule has 1 rings (SSSR count). The second kappa shape index (κ2) is 7.45. The molecule has 1 saturated heterocycles. The number of aliphatic hydroxyl groups excluding tert-OH is 1. The van der Waals surface area contributed by atoms with Gasteiger partial charge in [-0.15, -0.1) is 0 Å². The summed E-state index contributed by atoms with van der Waals surface area (Å²) in [6.07, 6.45) is 6.85. The number of carboxylic acid groups (broad SMARTS) is 1. The van der Waals surface area contributed by atoms with Crippen molar-refractivity contribution >= 4 is 5.97 Å². The van der Waals surface area contributed by atoms with Gasteiger partial charge in [-0.3, -0.25) is 4.90 Å². The number of hydrogen-bond acceptors (Lipinski definition) is 3. The first-order chi connectivity index (χ1) is 8.19. The maximum absolute atomic E-state index is 10.9. The number of aliphatic hydroxyl groups is 1. The molecule has 4 heteroatoms. The normalized spacial score (nSPS) is 23.4. The van der Waals surface area contributed by atoms with Gasteiger partial charge in [0.25, 0.3) is 0 Å². The van der Waals surface area contributed by atoms with Crippen LogP contribution in [0.2, 0.25) is 0 Å². The zero-order valence-corrected chi connectivity index (χ0v) is 10.6. The fourth-order valence-electron chi connectivity index (χ4n) is 2.29. The molecule has 17 heavy (non-hydrogen) atoms. The van der Waals surface area contributed by atoms with Gasteiger partial charge in [0, 0.05) is 18.2 Å². The lowest BCUT2D eigenvalue weighted by Crippen LogP contribution is -2.37. The molecule has 0 amide bonds. The van der Waals surface area contributed by atoms with Crippen molar-refractivity contribution in [2.45, 2.75) is 45.1 Å². The largest absolute Gasteiger partial charge is 0.478 e. The minimum Gasteiger partial charge on any atom is -0.478 e. The zero-order valence-electron chi connectivity index (χ0n) is 10.6. The van der Waals surface area contributed by atoms with E-state index in [0.717, 1.165) is 25.8 Å². The van der Waals surface area contributed by atoms with Crippen molar-refractivity contribution in [3.05, 3.63) is 11.6 Å². The maximum atomic E-state index is 10.9. The van der Waals surface area contributed by atoms with Crippen LogP contribution in [0.15, 0.2) is 11.6 Å². The average molecular weight is 241 g/mol. The Kier molecular flexibility index (Phi) is 6.22. The molecular weight excluding hydrogens is 218 g/mol. The van der Waals surface area contributed by atoms with E-state index in [4.69, 9.17) is 5.11 Å². The van der Waals surface area contributed by atoms with E-state index in [9.17, 15) is 9.90 Å². The first kappa shape index (κ1) is 14.2. The van der Waals surface area contributed by atoms with Crippen molar-refractivity contribution in [1.29, 1.82) is 0 Å². The minimum atomic E-state index is -0.831. The van der Waals surface area contributed by atoms with E-state index < -0.39 is 5.97 Å². The molecule has 98 valence electrons. The van der Waals surface area contributed by atoms with Crippen LogP contribution in [-0.4, -0.2) is 46.8 Å². The van der Waals surface area contributed by atoms with Crippen LogP contribution in [0, 0.1) is 0 Å². The van der Waals surface area contributed by atoms with E-state index in [0.29, 0.717) is 18.5 Å². The summed E-state index contributed by atoms with van der Waals surface area (Å²) in [5.74, 6) is -0.831. The summed E-state index contributed by atoms with van der Waals surface area (Å²) >= 11 is 0. The molecule has 4 nitrogen and oxygen atoms in total. The standard InChI is InChI=1S/C13H23NO3/c1-2-11(13(16)17)7-9-14-8-5-3-4-6-12(14)10-15/h7,12,15H,2-6,8-10H2,1H3,(H,16,17). The van der Waals surface area contributed by atoms with Crippen LogP contribution < -0.4 is 0 Å². The molecule has 0 aliphatic carbocycles. The summed E-state index contributed by atoms with van der Waals surface area (Å²) in [5, 5.41) is 18.3. The molecule has 0 radical (unpaired) electrons. The van der Waals surface area contributed by atoms with E-state index in [-0.39, 0.29) is 12.6 Å². The second-order valence-electron chi connectivity index (χ2n) is 4.57. The lowest BCUT2D eigenvalue weighted by atomic mass is 10.1. The SMILES string of the molecule is CCC(=CCN1CCCCCC1CO)C(=O)O. The van der Waals surface area contributed by atoms with Crippen molar-refractivity contribution in [3.63, 3.8) is 0 Å². The van der Waals surface area contributed by atoms with Gasteiger partial charge in [0.05, 0.1) is 6.61 Å². The van der Waals surface area contributed by atoms with Gasteiger partial charge < -0.3 is 10.2 Å². The van der Waals surface area contributed by atoms with Crippen molar-refractivity contribution in [2.75, 3.05) is 19.7 Å². The Morgan fingerprint density at radius 2 is 2.18 bits per heavy atom. The molecule has 1 heterocycles. The zero-order chi connectivity index (χ0) is 12.7. The quantitative estimate of drug-likeness (QED) is 0.718. The fourth-order valence-corrected chi connectivity index (χ4v) is 2.29. The van der Waals surface area contributed by atoms with Crippen molar-refractivity contribution < 1.29 is 15.0 Å². The van der Waals surface area contributed by atoms with Crippen LogP contribution in [0.3, 0.4) is 0 Å². The van der Waals surface area contributed by atoms with Gasteiger partial charge >= 0.3 is 5.97 Å². The Morgan fingerprint density at radius 1 is 1.41 bits per heavy atom. The van der Waals surface area contributed by atoms with Crippen molar-refractivity contribution in [2.24, 2.45) is 0 Å². The van der Waals surface area contributed by atoms with Crippen LogP contribution in [0.4, 0.5) is 0 Å². The number of nitrogens with zero attached hydrogens (tertiary/aromatic N) is 1. The highest BCUT2D eigenvalue weighted by Crippen LogP contribution is 2.16. The molecule has 1 unspecified atom stereocenters. The van der Waals surface area contributed by atoms with E-state index in [2.05, 4.69) is 4.90 Å². The predicted octanol–water partition coefficient (Wildman–Crippen LogP) is 1.64. The lowest BCUT2D eigenvalue weighted by molar-refractivity contribution is -0.132. The molecular formula is C13H23NO3. The van der Waals surface area contributed by atoms with E-state index >= 15 is 0 Å². The Hall–Kier alpha value is -0.870. The third-order valence-electron chi connectivity index (χ3n) is 3.44. The van der Waals surface area contributed by atoms with Gasteiger partial charge in [-0.25, -0.2) is 4.79 Å². The van der Waals surface area contributed by atoms with Gasteiger partial charge in [-0.2, -0.15) is 0 Å². The highest BCUT2D eigenvalue weighted by molar-refractivity contribution is 5.86. The Bertz CT molecular complexity index is 276. The molecule has 0 aromatic carbocycles. The number of carbonyl (C=O) groups is 1. The van der Waals surface area contributed by atoms with Crippen molar-refractivity contribution in [3.8, 4) is 0 Å². The van der Waals surface area contributed by atoms with E-state index in [1.807, 2.05) is 6.92 Å². The van der Waals surface area contributed by atoms with E-state index in [1.165, 1.54) is 6.42 Å². The summed E-state index contributed by atoms with van der Waals surface area (Å²) in [6, 6.07) is 0.195. The van der Waals surface area contributed by atoms with Gasteiger partial charge in [0.15, 0.2) is 0 Å². The molecule has 0 spiro atoms. The Morgan fingerprint density at radius 3 is 2.76 bits per heavy atom. The lowest BCUT2D eigenvalue weighted by Gasteiger charge is -2.27. The summed E-state index contributed by atoms with van der Waals surface area (Å²) in [4.78, 5) is 13.1. The smallest absolute Gasteiger partial charge is 0.331 e. The molecule has 0 saturated carbocycles. The summed E-state index contributed by atoms with van der Waals surface area (Å²) in [7, 11) is 0. The summed E-state index contributed by atoms with van der Waals surface area (Å²) in [6.45, 7) is 3.62. The Balaban J connectivity index is 2.60. The van der Waals surface area contributed by atoms with Gasteiger partial charge in [0.2, 0.25) is 0 Å². The first-order valence-electron chi connectivity index (χ1n) is 6.46. The van der Waals surface area contributed by atoms with Gasteiger partial charge in [-0.05, 0) is 25.8 Å². The van der Waals surface area contributed by atoms with Gasteiger partial charge in [-0.1, -0.05) is 25.8 Å². The number of hydrogen-bond donors (Lipinski definition) is 2. The van der Waals surface area contributed by atoms with Crippen LogP contribution in [0.1, 0.15) is 39.0 Å². The number of rotatable bonds is 5. The molecule has 0 bridgehead atoms. The number of likely N-dealkylation sites (tertiary alicyclic amines) is 1. The first-order valence-corrected chi connectivity index (χ1v) is 6.46. The topological polar surface area (TPSA) is 60.8 Å². The molecule has 1 aliphatic rings. The fraction of sp³-hybridized carbons (Fsp3) is 0.769. The average Bonchev–Trinajstić information content (AvgIpc) is 2.54. The van der Waals surface area contributed by atoms with Crippen LogP contribution in [-0.2, 0) is 4.79 Å². The minimum absolute atomic E-state index is 0.169. The third-order valence-corrected chi connectivity index (χ3v) is 3.44. The Labute approximate surface area is 103 Å². The van der Waals surface area contributed by atoms with E-state index in [1.54, 1.807) is 6.08 Å². The van der Waals surface area contributed by atoms with Crippen LogP contribution >= 0.6 is 0 Å². The molecule has 2 N–H and O–H groups in total. The van der Waals surface area contributed by atoms with Crippen LogP contribution in [0.5, 0.6) is 0 Å². The predicted molar refractivity (Wildman–Crippen MR) is 66.9 cm³/mol. The highest BCUT2D eigenvalue weighted by atomic mass is 16.4. The second-order valence-corrected chi connectivity index (χ2v) is 4.57. The summed E-state index contributed by atoms with van der Waals surface area (Å²) < 4.78 is 0. The van der Waals surface area contributed by atoms with Crippen LogP contribution in [0.25, 0.3) is 0 Å². The number of carboxylic acids is 1. The van der Waals surface area contributed by atoms with Gasteiger partial charge in [0.1, 0.15) is 0 Å². The monoisotopic (exact) mass is 241 g/mol. The highest BCUT2D eigenvalue weighted by Gasteiger charge is 2.19. The molecule has 0 aromatic rings. The molecule has 1 atom stereocenters. The number of aliphatic carboxylic acids is 1. The third kappa shape index (κ3) is 4.48. The maximum Gasteiger partial charge on any atom is 0.331 e. The molecule has 0 aromatic heterocycles. The molecule has 1 aliphatic heterocycles.